The van der Waals surface area contributed by atoms with Crippen molar-refractivity contribution in [1.29, 1.82) is 0 Å². The molecular weight excluding hydrogens is 330 g/mol. The highest BCUT2D eigenvalue weighted by Crippen LogP contribution is 2.26. The SMILES string of the molecule is Cc1ccccc1C1CN(C(=O)c2cn(C3CCNCC3)nn2)CCO1. The molecule has 0 bridgehead atoms. The maximum atomic E-state index is 12.9. The standard InChI is InChI=1S/C19H25N5O2/c1-14-4-2-3-5-16(14)18-13-23(10-11-26-18)19(25)17-12-24(22-21-17)15-6-8-20-9-7-15/h2-5,12,15,18,20H,6-11,13H2,1H3. The Bertz CT molecular complexity index is 769. The summed E-state index contributed by atoms with van der Waals surface area (Å²) in [7, 11) is 0. The lowest BCUT2D eigenvalue weighted by Gasteiger charge is -2.33. The lowest BCUT2D eigenvalue weighted by Crippen LogP contribution is -2.42. The summed E-state index contributed by atoms with van der Waals surface area (Å²) in [5.41, 5.74) is 2.75. The van der Waals surface area contributed by atoms with E-state index in [0.717, 1.165) is 31.5 Å². The van der Waals surface area contributed by atoms with Gasteiger partial charge in [0.15, 0.2) is 5.69 Å². The molecule has 0 radical (unpaired) electrons. The molecule has 7 heteroatoms. The van der Waals surface area contributed by atoms with E-state index < -0.39 is 0 Å². The molecule has 0 aliphatic carbocycles. The number of piperidine rings is 1. The van der Waals surface area contributed by atoms with Crippen LogP contribution >= 0.6 is 0 Å². The summed E-state index contributed by atoms with van der Waals surface area (Å²) in [6.45, 7) is 5.70. The Balaban J connectivity index is 1.46. The Morgan fingerprint density at radius 1 is 1.27 bits per heavy atom. The zero-order valence-electron chi connectivity index (χ0n) is 15.1. The van der Waals surface area contributed by atoms with Crippen LogP contribution in [-0.4, -0.2) is 58.6 Å². The van der Waals surface area contributed by atoms with Crippen molar-refractivity contribution in [2.24, 2.45) is 0 Å². The zero-order valence-corrected chi connectivity index (χ0v) is 15.1. The molecule has 1 atom stereocenters. The monoisotopic (exact) mass is 355 g/mol. The van der Waals surface area contributed by atoms with E-state index in [9.17, 15) is 4.79 Å². The molecule has 2 aromatic rings. The number of carbonyl (C=O) groups excluding carboxylic acids is 1. The highest BCUT2D eigenvalue weighted by atomic mass is 16.5. The molecule has 0 saturated carbocycles. The first-order valence-corrected chi connectivity index (χ1v) is 9.31. The fourth-order valence-corrected chi connectivity index (χ4v) is 3.76. The molecule has 1 N–H and O–H groups in total. The average molecular weight is 355 g/mol. The quantitative estimate of drug-likeness (QED) is 0.908. The molecule has 1 aromatic heterocycles. The minimum atomic E-state index is -0.0895. The molecule has 0 spiro atoms. The highest BCUT2D eigenvalue weighted by Gasteiger charge is 2.29. The molecule has 2 fully saturated rings. The molecule has 138 valence electrons. The van der Waals surface area contributed by atoms with Crippen molar-refractivity contribution < 1.29 is 9.53 Å². The topological polar surface area (TPSA) is 72.3 Å². The molecule has 2 aliphatic heterocycles. The third kappa shape index (κ3) is 3.50. The number of nitrogens with one attached hydrogen (secondary N) is 1. The Labute approximate surface area is 153 Å². The molecule has 1 unspecified atom stereocenters. The zero-order chi connectivity index (χ0) is 17.9. The van der Waals surface area contributed by atoms with E-state index in [0.29, 0.717) is 31.4 Å². The van der Waals surface area contributed by atoms with E-state index in [4.69, 9.17) is 4.74 Å². The predicted octanol–water partition coefficient (Wildman–Crippen LogP) is 1.72. The van der Waals surface area contributed by atoms with Crippen LogP contribution in [0.25, 0.3) is 0 Å². The van der Waals surface area contributed by atoms with Gasteiger partial charge in [0.25, 0.3) is 5.91 Å². The van der Waals surface area contributed by atoms with Gasteiger partial charge in [-0.15, -0.1) is 5.10 Å². The molecule has 1 amide bonds. The van der Waals surface area contributed by atoms with Crippen LogP contribution in [0.2, 0.25) is 0 Å². The van der Waals surface area contributed by atoms with E-state index in [2.05, 4.69) is 34.7 Å². The number of nitrogens with zero attached hydrogens (tertiary/aromatic N) is 4. The van der Waals surface area contributed by atoms with Crippen molar-refractivity contribution in [3.63, 3.8) is 0 Å². The number of carbonyl (C=O) groups is 1. The van der Waals surface area contributed by atoms with E-state index in [1.165, 1.54) is 5.56 Å². The summed E-state index contributed by atoms with van der Waals surface area (Å²) >= 11 is 0. The van der Waals surface area contributed by atoms with Crippen molar-refractivity contribution in [1.82, 2.24) is 25.2 Å². The van der Waals surface area contributed by atoms with Gasteiger partial charge in [-0.3, -0.25) is 4.79 Å². The van der Waals surface area contributed by atoms with Crippen LogP contribution in [0.1, 0.15) is 46.6 Å². The van der Waals surface area contributed by atoms with Crippen molar-refractivity contribution in [2.75, 3.05) is 32.8 Å². The normalized spacial score (nSPS) is 21.7. The van der Waals surface area contributed by atoms with Gasteiger partial charge in [-0.25, -0.2) is 4.68 Å². The van der Waals surface area contributed by atoms with E-state index >= 15 is 0 Å². The minimum Gasteiger partial charge on any atom is -0.370 e. The van der Waals surface area contributed by atoms with Crippen LogP contribution in [0.3, 0.4) is 0 Å². The lowest BCUT2D eigenvalue weighted by atomic mass is 10.0. The number of rotatable bonds is 3. The van der Waals surface area contributed by atoms with Gasteiger partial charge >= 0.3 is 0 Å². The van der Waals surface area contributed by atoms with Crippen LogP contribution in [0.4, 0.5) is 0 Å². The van der Waals surface area contributed by atoms with Crippen LogP contribution in [-0.2, 0) is 4.74 Å². The maximum absolute atomic E-state index is 12.9. The summed E-state index contributed by atoms with van der Waals surface area (Å²) < 4.78 is 7.77. The van der Waals surface area contributed by atoms with Gasteiger partial charge in [0, 0.05) is 6.54 Å². The first kappa shape index (κ1) is 17.2. The fraction of sp³-hybridized carbons (Fsp3) is 0.526. The van der Waals surface area contributed by atoms with Gasteiger partial charge in [0.1, 0.15) is 6.10 Å². The van der Waals surface area contributed by atoms with Gasteiger partial charge in [-0.2, -0.15) is 0 Å². The summed E-state index contributed by atoms with van der Waals surface area (Å²) in [6, 6.07) is 8.50. The Morgan fingerprint density at radius 2 is 2.08 bits per heavy atom. The highest BCUT2D eigenvalue weighted by molar-refractivity contribution is 5.92. The van der Waals surface area contributed by atoms with Crippen molar-refractivity contribution in [2.45, 2.75) is 31.9 Å². The number of aromatic nitrogens is 3. The molecule has 2 saturated heterocycles. The third-order valence-corrected chi connectivity index (χ3v) is 5.30. The summed E-state index contributed by atoms with van der Waals surface area (Å²) in [6.07, 6.45) is 3.75. The smallest absolute Gasteiger partial charge is 0.276 e. The van der Waals surface area contributed by atoms with Crippen molar-refractivity contribution >= 4 is 5.91 Å². The van der Waals surface area contributed by atoms with E-state index in [1.807, 2.05) is 21.7 Å². The van der Waals surface area contributed by atoms with Crippen molar-refractivity contribution in [3.8, 4) is 0 Å². The van der Waals surface area contributed by atoms with Crippen LogP contribution < -0.4 is 5.32 Å². The molecule has 1 aromatic carbocycles. The lowest BCUT2D eigenvalue weighted by molar-refractivity contribution is -0.0232. The Morgan fingerprint density at radius 3 is 2.88 bits per heavy atom. The summed E-state index contributed by atoms with van der Waals surface area (Å²) in [4.78, 5) is 14.7. The molecular formula is C19H25N5O2. The average Bonchev–Trinajstić information content (AvgIpc) is 3.19. The van der Waals surface area contributed by atoms with E-state index in [-0.39, 0.29) is 12.0 Å². The van der Waals surface area contributed by atoms with E-state index in [1.54, 1.807) is 6.20 Å². The molecule has 4 rings (SSSR count). The third-order valence-electron chi connectivity index (χ3n) is 5.30. The van der Waals surface area contributed by atoms with Crippen LogP contribution in [0, 0.1) is 6.92 Å². The first-order valence-electron chi connectivity index (χ1n) is 9.31. The van der Waals surface area contributed by atoms with Crippen LogP contribution in [0.5, 0.6) is 0 Å². The Hall–Kier alpha value is -2.25. The number of hydrogen-bond acceptors (Lipinski definition) is 5. The molecule has 7 nitrogen and oxygen atoms in total. The Kier molecular flexibility index (Phi) is 4.99. The fourth-order valence-electron chi connectivity index (χ4n) is 3.76. The maximum Gasteiger partial charge on any atom is 0.276 e. The molecule has 2 aliphatic rings. The molecule has 26 heavy (non-hydrogen) atoms. The van der Waals surface area contributed by atoms with Gasteiger partial charge in [-0.1, -0.05) is 29.5 Å². The second-order valence-electron chi connectivity index (χ2n) is 7.03. The van der Waals surface area contributed by atoms with Crippen LogP contribution in [0.15, 0.2) is 30.5 Å². The van der Waals surface area contributed by atoms with Crippen molar-refractivity contribution in [3.05, 3.63) is 47.3 Å². The second-order valence-corrected chi connectivity index (χ2v) is 7.03. The largest absolute Gasteiger partial charge is 0.370 e. The van der Waals surface area contributed by atoms with Gasteiger partial charge < -0.3 is 15.0 Å². The number of morpholine rings is 1. The molecule has 3 heterocycles. The summed E-state index contributed by atoms with van der Waals surface area (Å²) in [5.74, 6) is -0.0629. The number of benzene rings is 1. The van der Waals surface area contributed by atoms with Gasteiger partial charge in [0.05, 0.1) is 25.4 Å². The number of aryl methyl sites for hydroxylation is 1. The van der Waals surface area contributed by atoms with Gasteiger partial charge in [0.2, 0.25) is 0 Å². The predicted molar refractivity (Wildman–Crippen MR) is 96.9 cm³/mol. The number of hydrogen-bond donors (Lipinski definition) is 1. The second kappa shape index (κ2) is 7.55. The number of ether oxygens (including phenoxy) is 1. The number of amides is 1. The minimum absolute atomic E-state index is 0.0629. The van der Waals surface area contributed by atoms with Gasteiger partial charge in [-0.05, 0) is 44.0 Å². The summed E-state index contributed by atoms with van der Waals surface area (Å²) in [5, 5.41) is 11.7. The first-order chi connectivity index (χ1) is 12.7.